The third kappa shape index (κ3) is 6.83. The molecule has 0 aromatic heterocycles. The van der Waals surface area contributed by atoms with E-state index in [0.29, 0.717) is 29.6 Å². The SMILES string of the molecule is Nc1cc(Cl)ccc1OCCCN(CCO)CCN1CCOCC1. The van der Waals surface area contributed by atoms with Crippen LogP contribution in [0.15, 0.2) is 18.2 Å². The molecule has 1 aromatic rings. The Hall–Kier alpha value is -1.05. The lowest BCUT2D eigenvalue weighted by molar-refractivity contribution is 0.0322. The van der Waals surface area contributed by atoms with Gasteiger partial charge in [0.15, 0.2) is 0 Å². The van der Waals surface area contributed by atoms with Crippen LogP contribution in [0.2, 0.25) is 5.02 Å². The highest BCUT2D eigenvalue weighted by Gasteiger charge is 2.12. The number of benzene rings is 1. The standard InChI is InChI=1S/C17H28ClN3O3/c18-15-2-3-17(16(19)14-15)24-11-1-4-20(7-10-22)5-6-21-8-12-23-13-9-21/h2-3,14,22H,1,4-13,19H2. The molecular formula is C17H28ClN3O3. The molecule has 3 N–H and O–H groups in total. The van der Waals surface area contributed by atoms with Crippen LogP contribution >= 0.6 is 11.6 Å². The summed E-state index contributed by atoms with van der Waals surface area (Å²) in [4.78, 5) is 4.67. The number of nitrogens with zero attached hydrogens (tertiary/aromatic N) is 2. The molecule has 1 aliphatic heterocycles. The minimum Gasteiger partial charge on any atom is -0.491 e. The van der Waals surface area contributed by atoms with Crippen LogP contribution < -0.4 is 10.5 Å². The van der Waals surface area contributed by atoms with Gasteiger partial charge in [0, 0.05) is 44.3 Å². The monoisotopic (exact) mass is 357 g/mol. The fourth-order valence-corrected chi connectivity index (χ4v) is 2.89. The third-order valence-corrected chi connectivity index (χ3v) is 4.34. The maximum absolute atomic E-state index is 9.24. The van der Waals surface area contributed by atoms with Crippen molar-refractivity contribution in [2.45, 2.75) is 6.42 Å². The Kier molecular flexibility index (Phi) is 8.63. The predicted octanol–water partition coefficient (Wildman–Crippen LogP) is 1.32. The van der Waals surface area contributed by atoms with Gasteiger partial charge in [-0.3, -0.25) is 9.80 Å². The van der Waals surface area contributed by atoms with Crippen molar-refractivity contribution in [3.63, 3.8) is 0 Å². The highest BCUT2D eigenvalue weighted by atomic mass is 35.5. The number of nitrogen functional groups attached to an aromatic ring is 1. The average molecular weight is 358 g/mol. The van der Waals surface area contributed by atoms with Gasteiger partial charge in [-0.1, -0.05) is 11.6 Å². The Morgan fingerprint density at radius 1 is 1.25 bits per heavy atom. The van der Waals surface area contributed by atoms with E-state index < -0.39 is 0 Å². The van der Waals surface area contributed by atoms with Gasteiger partial charge in [0.1, 0.15) is 5.75 Å². The maximum Gasteiger partial charge on any atom is 0.142 e. The van der Waals surface area contributed by atoms with Gasteiger partial charge >= 0.3 is 0 Å². The van der Waals surface area contributed by atoms with E-state index in [4.69, 9.17) is 26.8 Å². The zero-order valence-corrected chi connectivity index (χ0v) is 14.9. The highest BCUT2D eigenvalue weighted by molar-refractivity contribution is 6.30. The Bertz CT molecular complexity index is 484. The summed E-state index contributed by atoms with van der Waals surface area (Å²) in [6.45, 7) is 7.91. The zero-order chi connectivity index (χ0) is 17.2. The summed E-state index contributed by atoms with van der Waals surface area (Å²) in [5.41, 5.74) is 6.43. The highest BCUT2D eigenvalue weighted by Crippen LogP contribution is 2.24. The number of aliphatic hydroxyl groups excluding tert-OH is 1. The third-order valence-electron chi connectivity index (χ3n) is 4.10. The summed E-state index contributed by atoms with van der Waals surface area (Å²) in [6, 6.07) is 5.26. The number of hydrogen-bond acceptors (Lipinski definition) is 6. The minimum atomic E-state index is 0.175. The fourth-order valence-electron chi connectivity index (χ4n) is 2.71. The Labute approximate surface area is 149 Å². The Morgan fingerprint density at radius 3 is 2.75 bits per heavy atom. The van der Waals surface area contributed by atoms with E-state index in [-0.39, 0.29) is 6.61 Å². The van der Waals surface area contributed by atoms with E-state index in [2.05, 4.69) is 9.80 Å². The summed E-state index contributed by atoms with van der Waals surface area (Å²) >= 11 is 5.88. The van der Waals surface area contributed by atoms with Crippen LogP contribution in [0.25, 0.3) is 0 Å². The van der Waals surface area contributed by atoms with Crippen molar-refractivity contribution in [3.05, 3.63) is 23.2 Å². The maximum atomic E-state index is 9.24. The molecule has 6 nitrogen and oxygen atoms in total. The fraction of sp³-hybridized carbons (Fsp3) is 0.647. The molecule has 24 heavy (non-hydrogen) atoms. The predicted molar refractivity (Wildman–Crippen MR) is 96.8 cm³/mol. The van der Waals surface area contributed by atoms with Gasteiger partial charge in [-0.05, 0) is 24.6 Å². The first-order valence-electron chi connectivity index (χ1n) is 8.50. The summed E-state index contributed by atoms with van der Waals surface area (Å²) in [6.07, 6.45) is 0.880. The molecular weight excluding hydrogens is 330 g/mol. The lowest BCUT2D eigenvalue weighted by Gasteiger charge is -2.29. The average Bonchev–Trinajstić information content (AvgIpc) is 2.59. The van der Waals surface area contributed by atoms with Crippen LogP contribution in [0, 0.1) is 0 Å². The van der Waals surface area contributed by atoms with Crippen molar-refractivity contribution in [3.8, 4) is 5.75 Å². The summed E-state index contributed by atoms with van der Waals surface area (Å²) < 4.78 is 11.1. The number of anilines is 1. The first-order chi connectivity index (χ1) is 11.7. The second-order valence-electron chi connectivity index (χ2n) is 5.90. The van der Waals surface area contributed by atoms with Crippen molar-refractivity contribution in [1.82, 2.24) is 9.80 Å². The van der Waals surface area contributed by atoms with Crippen LogP contribution in [-0.4, -0.2) is 80.6 Å². The van der Waals surface area contributed by atoms with Crippen LogP contribution in [-0.2, 0) is 4.74 Å². The molecule has 1 saturated heterocycles. The molecule has 0 atom stereocenters. The second-order valence-corrected chi connectivity index (χ2v) is 6.34. The minimum absolute atomic E-state index is 0.175. The Balaban J connectivity index is 1.66. The number of nitrogens with two attached hydrogens (primary N) is 1. The van der Waals surface area contributed by atoms with Crippen LogP contribution in [0.1, 0.15) is 6.42 Å². The second kappa shape index (κ2) is 10.7. The number of aliphatic hydroxyl groups is 1. The van der Waals surface area contributed by atoms with Crippen molar-refractivity contribution < 1.29 is 14.6 Å². The molecule has 0 spiro atoms. The van der Waals surface area contributed by atoms with E-state index in [1.807, 2.05) is 0 Å². The summed E-state index contributed by atoms with van der Waals surface area (Å²) in [5, 5.41) is 9.84. The normalized spacial score (nSPS) is 15.8. The zero-order valence-electron chi connectivity index (χ0n) is 14.1. The molecule has 0 aliphatic carbocycles. The summed E-state index contributed by atoms with van der Waals surface area (Å²) in [5.74, 6) is 0.668. The molecule has 7 heteroatoms. The van der Waals surface area contributed by atoms with Gasteiger partial charge in [-0.15, -0.1) is 0 Å². The van der Waals surface area contributed by atoms with E-state index in [0.717, 1.165) is 52.4 Å². The Morgan fingerprint density at radius 2 is 2.04 bits per heavy atom. The van der Waals surface area contributed by atoms with E-state index >= 15 is 0 Å². The van der Waals surface area contributed by atoms with Crippen molar-refractivity contribution >= 4 is 17.3 Å². The molecule has 0 radical (unpaired) electrons. The topological polar surface area (TPSA) is 71.2 Å². The molecule has 0 bridgehead atoms. The molecule has 0 amide bonds. The van der Waals surface area contributed by atoms with Crippen molar-refractivity contribution in [1.29, 1.82) is 0 Å². The molecule has 1 aliphatic rings. The van der Waals surface area contributed by atoms with Gasteiger partial charge in [0.05, 0.1) is 32.1 Å². The van der Waals surface area contributed by atoms with Crippen LogP contribution in [0.5, 0.6) is 5.75 Å². The number of ether oxygens (including phenoxy) is 2. The van der Waals surface area contributed by atoms with Gasteiger partial charge in [0.25, 0.3) is 0 Å². The lowest BCUT2D eigenvalue weighted by Crippen LogP contribution is -2.42. The number of morpholine rings is 1. The molecule has 136 valence electrons. The van der Waals surface area contributed by atoms with E-state index in [9.17, 15) is 5.11 Å². The molecule has 0 unspecified atom stereocenters. The molecule has 0 saturated carbocycles. The molecule has 2 rings (SSSR count). The van der Waals surface area contributed by atoms with Crippen LogP contribution in [0.3, 0.4) is 0 Å². The molecule has 1 heterocycles. The first-order valence-corrected chi connectivity index (χ1v) is 8.88. The van der Waals surface area contributed by atoms with Crippen molar-refractivity contribution in [2.24, 2.45) is 0 Å². The van der Waals surface area contributed by atoms with E-state index in [1.54, 1.807) is 18.2 Å². The molecule has 1 fully saturated rings. The van der Waals surface area contributed by atoms with E-state index in [1.165, 1.54) is 0 Å². The van der Waals surface area contributed by atoms with Gasteiger partial charge < -0.3 is 20.3 Å². The van der Waals surface area contributed by atoms with Gasteiger partial charge in [-0.25, -0.2) is 0 Å². The number of hydrogen-bond donors (Lipinski definition) is 2. The lowest BCUT2D eigenvalue weighted by atomic mass is 10.3. The number of rotatable bonds is 10. The largest absolute Gasteiger partial charge is 0.491 e. The summed E-state index contributed by atoms with van der Waals surface area (Å²) in [7, 11) is 0. The first kappa shape index (κ1) is 19.3. The van der Waals surface area contributed by atoms with Gasteiger partial charge in [-0.2, -0.15) is 0 Å². The smallest absolute Gasteiger partial charge is 0.142 e. The molecule has 1 aromatic carbocycles. The number of halogens is 1. The quantitative estimate of drug-likeness (QED) is 0.486. The van der Waals surface area contributed by atoms with Gasteiger partial charge in [0.2, 0.25) is 0 Å². The van der Waals surface area contributed by atoms with Crippen LogP contribution in [0.4, 0.5) is 5.69 Å². The van der Waals surface area contributed by atoms with Crippen molar-refractivity contribution in [2.75, 3.05) is 71.4 Å².